The molecule has 1 aromatic rings. The van der Waals surface area contributed by atoms with Crippen LogP contribution in [0.15, 0.2) is 11.7 Å². The fraction of sp³-hybridized carbons (Fsp3) is 0.750. The van der Waals surface area contributed by atoms with Gasteiger partial charge in [-0.1, -0.05) is 13.8 Å². The molecule has 0 aliphatic heterocycles. The van der Waals surface area contributed by atoms with Crippen LogP contribution in [0, 0.1) is 0 Å². The quantitative estimate of drug-likeness (QED) is 0.795. The second-order valence-corrected chi connectivity index (χ2v) is 5.02. The molecule has 0 fully saturated rings. The number of thiazole rings is 1. The lowest BCUT2D eigenvalue weighted by Gasteiger charge is -2.27. The minimum Gasteiger partial charge on any atom is -0.308 e. The Labute approximate surface area is 103 Å². The Hall–Kier alpha value is -0.450. The van der Waals surface area contributed by atoms with E-state index < -0.39 is 0 Å². The van der Waals surface area contributed by atoms with Gasteiger partial charge in [-0.15, -0.1) is 11.3 Å². The van der Waals surface area contributed by atoms with Gasteiger partial charge in [0.05, 0.1) is 5.51 Å². The molecule has 0 radical (unpaired) electrons. The van der Waals surface area contributed by atoms with Crippen LogP contribution in [0.5, 0.6) is 0 Å². The molecule has 1 aromatic heterocycles. The average molecular weight is 241 g/mol. The standard InChI is InChI=1S/C12H23N3S/c1-5-15(6-2)10(3)7-14-11(4)12-8-13-9-16-12/h8-11,14H,5-7H2,1-4H3. The molecule has 16 heavy (non-hydrogen) atoms. The van der Waals surface area contributed by atoms with Crippen molar-refractivity contribution in [1.29, 1.82) is 0 Å². The van der Waals surface area contributed by atoms with Crippen LogP contribution in [-0.2, 0) is 0 Å². The molecule has 0 aliphatic carbocycles. The number of hydrogen-bond donors (Lipinski definition) is 1. The molecule has 0 saturated carbocycles. The monoisotopic (exact) mass is 241 g/mol. The van der Waals surface area contributed by atoms with Gasteiger partial charge in [0.25, 0.3) is 0 Å². The molecule has 0 bridgehead atoms. The van der Waals surface area contributed by atoms with E-state index in [1.807, 2.05) is 11.7 Å². The van der Waals surface area contributed by atoms with E-state index in [-0.39, 0.29) is 0 Å². The summed E-state index contributed by atoms with van der Waals surface area (Å²) in [7, 11) is 0. The number of rotatable bonds is 7. The van der Waals surface area contributed by atoms with E-state index in [4.69, 9.17) is 0 Å². The molecule has 2 unspecified atom stereocenters. The van der Waals surface area contributed by atoms with E-state index in [1.165, 1.54) is 4.88 Å². The van der Waals surface area contributed by atoms with E-state index in [0.29, 0.717) is 12.1 Å². The zero-order valence-corrected chi connectivity index (χ0v) is 11.5. The molecule has 1 heterocycles. The smallest absolute Gasteiger partial charge is 0.0794 e. The molecule has 0 aliphatic rings. The summed E-state index contributed by atoms with van der Waals surface area (Å²) in [6, 6.07) is 0.996. The molecule has 0 amide bonds. The van der Waals surface area contributed by atoms with Crippen molar-refractivity contribution in [2.45, 2.75) is 39.8 Å². The maximum Gasteiger partial charge on any atom is 0.0794 e. The van der Waals surface area contributed by atoms with Crippen molar-refractivity contribution in [3.63, 3.8) is 0 Å². The van der Waals surface area contributed by atoms with Crippen molar-refractivity contribution in [2.75, 3.05) is 19.6 Å². The van der Waals surface area contributed by atoms with Crippen LogP contribution in [0.1, 0.15) is 38.6 Å². The zero-order chi connectivity index (χ0) is 12.0. The Balaban J connectivity index is 2.34. The summed E-state index contributed by atoms with van der Waals surface area (Å²) in [6.45, 7) is 12.2. The van der Waals surface area contributed by atoms with E-state index >= 15 is 0 Å². The Bertz CT molecular complexity index is 270. The van der Waals surface area contributed by atoms with Crippen LogP contribution in [0.2, 0.25) is 0 Å². The van der Waals surface area contributed by atoms with E-state index in [2.05, 4.69) is 42.9 Å². The maximum atomic E-state index is 4.11. The van der Waals surface area contributed by atoms with Crippen LogP contribution in [0.3, 0.4) is 0 Å². The molecule has 1 N–H and O–H groups in total. The first kappa shape index (κ1) is 13.6. The average Bonchev–Trinajstić information content (AvgIpc) is 2.81. The molecular formula is C12H23N3S. The normalized spacial score (nSPS) is 15.3. The zero-order valence-electron chi connectivity index (χ0n) is 10.7. The first-order valence-electron chi connectivity index (χ1n) is 6.04. The second kappa shape index (κ2) is 6.99. The van der Waals surface area contributed by atoms with Crippen molar-refractivity contribution in [1.82, 2.24) is 15.2 Å². The number of aromatic nitrogens is 1. The van der Waals surface area contributed by atoms with E-state index in [0.717, 1.165) is 19.6 Å². The summed E-state index contributed by atoms with van der Waals surface area (Å²) in [5.74, 6) is 0. The van der Waals surface area contributed by atoms with Crippen molar-refractivity contribution in [3.05, 3.63) is 16.6 Å². The number of nitrogens with one attached hydrogen (secondary N) is 1. The minimum absolute atomic E-state index is 0.408. The third kappa shape index (κ3) is 3.85. The van der Waals surface area contributed by atoms with Gasteiger partial charge in [0, 0.05) is 29.7 Å². The third-order valence-corrected chi connectivity index (χ3v) is 3.99. The van der Waals surface area contributed by atoms with Crippen LogP contribution >= 0.6 is 11.3 Å². The SMILES string of the molecule is CCN(CC)C(C)CNC(C)c1cncs1. The van der Waals surface area contributed by atoms with Gasteiger partial charge in [-0.05, 0) is 26.9 Å². The lowest BCUT2D eigenvalue weighted by molar-refractivity contribution is 0.222. The summed E-state index contributed by atoms with van der Waals surface area (Å²) in [5.41, 5.74) is 1.89. The highest BCUT2D eigenvalue weighted by atomic mass is 32.1. The molecular weight excluding hydrogens is 218 g/mol. The predicted octanol–water partition coefficient (Wildman–Crippen LogP) is 2.52. The summed E-state index contributed by atoms with van der Waals surface area (Å²) in [4.78, 5) is 7.88. The Morgan fingerprint density at radius 2 is 2.06 bits per heavy atom. The molecule has 2 atom stereocenters. The topological polar surface area (TPSA) is 28.2 Å². The molecule has 0 spiro atoms. The molecule has 4 heteroatoms. The maximum absolute atomic E-state index is 4.11. The van der Waals surface area contributed by atoms with Gasteiger partial charge in [-0.2, -0.15) is 0 Å². The fourth-order valence-corrected chi connectivity index (χ4v) is 2.52. The minimum atomic E-state index is 0.408. The van der Waals surface area contributed by atoms with Gasteiger partial charge in [-0.25, -0.2) is 0 Å². The molecule has 92 valence electrons. The van der Waals surface area contributed by atoms with E-state index in [1.54, 1.807) is 11.3 Å². The van der Waals surface area contributed by atoms with Crippen molar-refractivity contribution >= 4 is 11.3 Å². The van der Waals surface area contributed by atoms with E-state index in [9.17, 15) is 0 Å². The number of hydrogen-bond acceptors (Lipinski definition) is 4. The van der Waals surface area contributed by atoms with Crippen molar-refractivity contribution in [3.8, 4) is 0 Å². The first-order valence-corrected chi connectivity index (χ1v) is 6.92. The van der Waals surface area contributed by atoms with Gasteiger partial charge >= 0.3 is 0 Å². The van der Waals surface area contributed by atoms with Crippen molar-refractivity contribution < 1.29 is 0 Å². The predicted molar refractivity (Wildman–Crippen MR) is 70.9 cm³/mol. The lowest BCUT2D eigenvalue weighted by atomic mass is 10.2. The first-order chi connectivity index (χ1) is 7.69. The van der Waals surface area contributed by atoms with Crippen molar-refractivity contribution in [2.24, 2.45) is 0 Å². The third-order valence-electron chi connectivity index (χ3n) is 3.03. The molecule has 1 rings (SSSR count). The largest absolute Gasteiger partial charge is 0.308 e. The number of likely N-dealkylation sites (N-methyl/N-ethyl adjacent to an activating group) is 1. The Morgan fingerprint density at radius 3 is 2.56 bits per heavy atom. The van der Waals surface area contributed by atoms with Crippen LogP contribution in [0.25, 0.3) is 0 Å². The Morgan fingerprint density at radius 1 is 1.38 bits per heavy atom. The van der Waals surface area contributed by atoms with Crippen LogP contribution in [-0.4, -0.2) is 35.6 Å². The van der Waals surface area contributed by atoms with Crippen LogP contribution in [0.4, 0.5) is 0 Å². The van der Waals surface area contributed by atoms with Gasteiger partial charge in [0.1, 0.15) is 0 Å². The van der Waals surface area contributed by atoms with Gasteiger partial charge < -0.3 is 5.32 Å². The summed E-state index contributed by atoms with van der Waals surface area (Å²) in [5, 5.41) is 3.56. The van der Waals surface area contributed by atoms with Gasteiger partial charge in [0.2, 0.25) is 0 Å². The lowest BCUT2D eigenvalue weighted by Crippen LogP contribution is -2.40. The highest BCUT2D eigenvalue weighted by molar-refractivity contribution is 7.09. The highest BCUT2D eigenvalue weighted by Crippen LogP contribution is 2.16. The Kier molecular flexibility index (Phi) is 5.95. The van der Waals surface area contributed by atoms with Gasteiger partial charge in [-0.3, -0.25) is 9.88 Å². The summed E-state index contributed by atoms with van der Waals surface area (Å²) in [6.07, 6.45) is 1.95. The summed E-state index contributed by atoms with van der Waals surface area (Å²) >= 11 is 1.72. The van der Waals surface area contributed by atoms with Crippen LogP contribution < -0.4 is 5.32 Å². The summed E-state index contributed by atoms with van der Waals surface area (Å²) < 4.78 is 0. The molecule has 0 saturated heterocycles. The van der Waals surface area contributed by atoms with Gasteiger partial charge in [0.15, 0.2) is 0 Å². The molecule has 3 nitrogen and oxygen atoms in total. The highest BCUT2D eigenvalue weighted by Gasteiger charge is 2.12. The molecule has 0 aromatic carbocycles. The fourth-order valence-electron chi connectivity index (χ4n) is 1.86. The number of nitrogens with zero attached hydrogens (tertiary/aromatic N) is 2. The second-order valence-electron chi connectivity index (χ2n) is 4.10.